The predicted octanol–water partition coefficient (Wildman–Crippen LogP) is 3.97. The van der Waals surface area contributed by atoms with Gasteiger partial charge in [-0.2, -0.15) is 13.2 Å². The SMILES string of the molecule is C=C1C[C@H]2[C@@H]3CC(C)[C@](O)(C(=O)COC(C)=O)[C@@]3(C)CC(OC(=O)C(F)(F)F)[C@]2(F)[C@@]2(C)CCC(=O)C=C12. The molecule has 2 unspecified atom stereocenters. The summed E-state index contributed by atoms with van der Waals surface area (Å²) in [6.07, 6.45) is -6.70. The van der Waals surface area contributed by atoms with Crippen LogP contribution in [-0.2, 0) is 28.7 Å². The van der Waals surface area contributed by atoms with Gasteiger partial charge in [0.1, 0.15) is 11.7 Å². The van der Waals surface area contributed by atoms with Gasteiger partial charge in [0.2, 0.25) is 5.78 Å². The summed E-state index contributed by atoms with van der Waals surface area (Å²) in [5.41, 5.74) is -7.03. The van der Waals surface area contributed by atoms with E-state index in [1.165, 1.54) is 19.9 Å². The molecule has 210 valence electrons. The van der Waals surface area contributed by atoms with Gasteiger partial charge in [-0.15, -0.1) is 0 Å². The van der Waals surface area contributed by atoms with E-state index >= 15 is 4.39 Å². The normalized spacial score (nSPS) is 42.4. The molecule has 0 spiro atoms. The van der Waals surface area contributed by atoms with E-state index in [1.54, 1.807) is 6.92 Å². The summed E-state index contributed by atoms with van der Waals surface area (Å²) in [7, 11) is 0. The van der Waals surface area contributed by atoms with Crippen molar-refractivity contribution in [3.63, 3.8) is 0 Å². The van der Waals surface area contributed by atoms with Gasteiger partial charge in [-0.25, -0.2) is 9.18 Å². The minimum absolute atomic E-state index is 0.0294. The number of halogens is 4. The summed E-state index contributed by atoms with van der Waals surface area (Å²) >= 11 is 0. The van der Waals surface area contributed by atoms with E-state index in [0.29, 0.717) is 5.57 Å². The highest BCUT2D eigenvalue weighted by atomic mass is 19.4. The average molecular weight is 545 g/mol. The van der Waals surface area contributed by atoms with Crippen LogP contribution in [0.2, 0.25) is 0 Å². The van der Waals surface area contributed by atoms with Crippen molar-refractivity contribution in [1.29, 1.82) is 0 Å². The van der Waals surface area contributed by atoms with Crippen LogP contribution in [0.3, 0.4) is 0 Å². The molecule has 8 atom stereocenters. The number of alkyl halides is 4. The highest BCUT2D eigenvalue weighted by Crippen LogP contribution is 2.72. The lowest BCUT2D eigenvalue weighted by atomic mass is 9.43. The van der Waals surface area contributed by atoms with Crippen LogP contribution in [0.15, 0.2) is 23.8 Å². The summed E-state index contributed by atoms with van der Waals surface area (Å²) in [6, 6.07) is 0. The quantitative estimate of drug-likeness (QED) is 0.422. The number of carbonyl (C=O) groups excluding carboxylic acids is 4. The van der Waals surface area contributed by atoms with Gasteiger partial charge >= 0.3 is 18.1 Å². The first-order valence-electron chi connectivity index (χ1n) is 12.6. The van der Waals surface area contributed by atoms with E-state index in [-0.39, 0.29) is 37.0 Å². The highest BCUT2D eigenvalue weighted by molar-refractivity contribution is 5.93. The first-order valence-corrected chi connectivity index (χ1v) is 12.6. The standard InChI is InChI=1S/C27H32F4O7/c1-13-8-19-18-9-14(2)26(36,20(34)12-37-15(3)32)24(18,5)11-21(38-22(35)27(29,30)31)25(19,28)23(4)7-6-16(33)10-17(13)23/h10,14,18-19,21,36H,1,6-9,11-12H2,2-5H3/t14?,18-,19-,21?,23-,24-,25-,26-/m0/s1. The molecule has 3 saturated carbocycles. The lowest BCUT2D eigenvalue weighted by Gasteiger charge is -2.64. The molecule has 4 aliphatic rings. The van der Waals surface area contributed by atoms with Gasteiger partial charge < -0.3 is 14.6 Å². The monoisotopic (exact) mass is 544 g/mol. The Morgan fingerprint density at radius 3 is 2.42 bits per heavy atom. The maximum absolute atomic E-state index is 17.8. The topological polar surface area (TPSA) is 107 Å². The largest absolute Gasteiger partial charge is 0.490 e. The van der Waals surface area contributed by atoms with Gasteiger partial charge in [0.05, 0.1) is 0 Å². The fraction of sp³-hybridized carbons (Fsp3) is 0.704. The number of fused-ring (bicyclic) bond motifs is 5. The molecule has 0 heterocycles. The van der Waals surface area contributed by atoms with Crippen LogP contribution in [0, 0.1) is 28.6 Å². The van der Waals surface area contributed by atoms with Crippen LogP contribution in [0.25, 0.3) is 0 Å². The number of ether oxygens (including phenoxy) is 2. The molecule has 0 aromatic heterocycles. The van der Waals surface area contributed by atoms with Crippen molar-refractivity contribution >= 4 is 23.5 Å². The molecule has 0 radical (unpaired) electrons. The molecule has 11 heteroatoms. The number of hydrogen-bond acceptors (Lipinski definition) is 7. The van der Waals surface area contributed by atoms with Crippen LogP contribution < -0.4 is 0 Å². The second-order valence-electron chi connectivity index (χ2n) is 11.8. The average Bonchev–Trinajstić information content (AvgIpc) is 3.01. The molecule has 4 rings (SSSR count). The molecule has 1 N–H and O–H groups in total. The van der Waals surface area contributed by atoms with Crippen LogP contribution in [-0.4, -0.2) is 58.8 Å². The first kappa shape index (κ1) is 28.4. The van der Waals surface area contributed by atoms with Crippen molar-refractivity contribution < 1.29 is 51.3 Å². The maximum Gasteiger partial charge on any atom is 0.490 e. The molecule has 4 aliphatic carbocycles. The molecule has 0 aliphatic heterocycles. The highest BCUT2D eigenvalue weighted by Gasteiger charge is 2.77. The zero-order valence-corrected chi connectivity index (χ0v) is 21.7. The number of rotatable bonds is 4. The maximum atomic E-state index is 17.8. The molecule has 3 fully saturated rings. The van der Waals surface area contributed by atoms with Crippen molar-refractivity contribution in [3.8, 4) is 0 Å². The number of ketones is 2. The number of esters is 2. The van der Waals surface area contributed by atoms with E-state index < -0.39 is 82.9 Å². The van der Waals surface area contributed by atoms with Crippen molar-refractivity contribution in [2.75, 3.05) is 6.61 Å². The number of Topliss-reactive ketones (excluding diaryl/α,β-unsaturated/α-hetero) is 1. The van der Waals surface area contributed by atoms with Crippen molar-refractivity contribution in [3.05, 3.63) is 23.8 Å². The predicted molar refractivity (Wildman–Crippen MR) is 124 cm³/mol. The van der Waals surface area contributed by atoms with E-state index in [1.807, 2.05) is 0 Å². The smallest absolute Gasteiger partial charge is 0.458 e. The number of allylic oxidation sites excluding steroid dienone is 2. The Balaban J connectivity index is 1.88. The molecule has 0 saturated heterocycles. The minimum atomic E-state index is -5.41. The van der Waals surface area contributed by atoms with Gasteiger partial charge in [-0.3, -0.25) is 14.4 Å². The molecule has 38 heavy (non-hydrogen) atoms. The Kier molecular flexibility index (Phi) is 6.53. The van der Waals surface area contributed by atoms with Gasteiger partial charge in [0.15, 0.2) is 18.1 Å². The number of hydrogen-bond donors (Lipinski definition) is 1. The zero-order chi connectivity index (χ0) is 28.6. The number of aliphatic hydroxyl groups is 1. The summed E-state index contributed by atoms with van der Waals surface area (Å²) in [6.45, 7) is 8.93. The lowest BCUT2D eigenvalue weighted by Crippen LogP contribution is -2.71. The van der Waals surface area contributed by atoms with Crippen molar-refractivity contribution in [2.24, 2.45) is 28.6 Å². The van der Waals surface area contributed by atoms with Gasteiger partial charge in [0, 0.05) is 30.1 Å². The molecule has 0 amide bonds. The zero-order valence-electron chi connectivity index (χ0n) is 21.7. The number of carbonyl (C=O) groups is 4. The second kappa shape index (κ2) is 8.72. The van der Waals surface area contributed by atoms with Gasteiger partial charge in [-0.1, -0.05) is 32.9 Å². The molecular weight excluding hydrogens is 512 g/mol. The first-order chi connectivity index (χ1) is 17.3. The molecule has 0 aromatic rings. The third kappa shape index (κ3) is 3.71. The van der Waals surface area contributed by atoms with Crippen molar-refractivity contribution in [2.45, 2.75) is 83.3 Å². The molecular formula is C27H32F4O7. The Hall–Kier alpha value is -2.56. The van der Waals surface area contributed by atoms with Gasteiger partial charge in [-0.05, 0) is 49.2 Å². The third-order valence-electron chi connectivity index (χ3n) is 9.89. The molecule has 0 bridgehead atoms. The fourth-order valence-electron chi connectivity index (χ4n) is 8.05. The summed E-state index contributed by atoms with van der Waals surface area (Å²) in [5.74, 6) is -7.03. The Bertz CT molecular complexity index is 1140. The van der Waals surface area contributed by atoms with Gasteiger partial charge in [0.25, 0.3) is 0 Å². The van der Waals surface area contributed by atoms with E-state index in [2.05, 4.69) is 6.58 Å². The fourth-order valence-corrected chi connectivity index (χ4v) is 8.05. The van der Waals surface area contributed by atoms with Crippen LogP contribution in [0.5, 0.6) is 0 Å². The summed E-state index contributed by atoms with van der Waals surface area (Å²) in [4.78, 5) is 48.9. The minimum Gasteiger partial charge on any atom is -0.458 e. The van der Waals surface area contributed by atoms with Crippen LogP contribution in [0.1, 0.15) is 59.8 Å². The lowest BCUT2D eigenvalue weighted by molar-refractivity contribution is -0.252. The van der Waals surface area contributed by atoms with E-state index in [4.69, 9.17) is 9.47 Å². The Labute approximate surface area is 217 Å². The van der Waals surface area contributed by atoms with Crippen molar-refractivity contribution in [1.82, 2.24) is 0 Å². The van der Waals surface area contributed by atoms with Crippen LogP contribution in [0.4, 0.5) is 17.6 Å². The molecule has 0 aromatic carbocycles. The Morgan fingerprint density at radius 1 is 1.21 bits per heavy atom. The molecule has 7 nitrogen and oxygen atoms in total. The second-order valence-corrected chi connectivity index (χ2v) is 11.8. The van der Waals surface area contributed by atoms with E-state index in [9.17, 15) is 37.5 Å². The summed E-state index contributed by atoms with van der Waals surface area (Å²) in [5, 5.41) is 11.9. The Morgan fingerprint density at radius 2 is 1.84 bits per heavy atom. The van der Waals surface area contributed by atoms with E-state index in [0.717, 1.165) is 6.92 Å². The van der Waals surface area contributed by atoms with Crippen LogP contribution >= 0.6 is 0 Å². The summed E-state index contributed by atoms with van der Waals surface area (Å²) < 4.78 is 67.6. The third-order valence-corrected chi connectivity index (χ3v) is 9.89.